The lowest BCUT2D eigenvalue weighted by Gasteiger charge is -2.56. The van der Waals surface area contributed by atoms with Crippen molar-refractivity contribution in [3.63, 3.8) is 0 Å². The molecule has 30 heavy (non-hydrogen) atoms. The van der Waals surface area contributed by atoms with Crippen LogP contribution in [0, 0.1) is 17.8 Å². The molecule has 4 aliphatic carbocycles. The normalized spacial score (nSPS) is 29.0. The standard InChI is InChI=1S/C23H33N3O4/c1-26(13-18-5-4-6-19(29-2)21(18)30-3)14-20(27)24-22(28)25-23-10-15-7-16(11-23)9-17(8-15)12-23/h4-6,15-17H,7-14H2,1-3H3,(H2,24,25,27,28). The van der Waals surface area contributed by atoms with E-state index in [4.69, 9.17) is 9.47 Å². The Bertz CT molecular complexity index is 774. The van der Waals surface area contributed by atoms with Gasteiger partial charge in [-0.25, -0.2) is 4.79 Å². The Morgan fingerprint density at radius 2 is 1.70 bits per heavy atom. The van der Waals surface area contributed by atoms with E-state index in [9.17, 15) is 9.59 Å². The molecule has 0 atom stereocenters. The summed E-state index contributed by atoms with van der Waals surface area (Å²) < 4.78 is 10.8. The fraction of sp³-hybridized carbons (Fsp3) is 0.652. The van der Waals surface area contributed by atoms with E-state index >= 15 is 0 Å². The van der Waals surface area contributed by atoms with Crippen LogP contribution in [-0.2, 0) is 11.3 Å². The van der Waals surface area contributed by atoms with Crippen molar-refractivity contribution in [1.82, 2.24) is 15.5 Å². The van der Waals surface area contributed by atoms with Crippen LogP contribution in [-0.4, -0.2) is 50.2 Å². The summed E-state index contributed by atoms with van der Waals surface area (Å²) in [5.41, 5.74) is 0.823. The van der Waals surface area contributed by atoms with Gasteiger partial charge in [0.05, 0.1) is 20.8 Å². The molecule has 5 rings (SSSR count). The molecular formula is C23H33N3O4. The molecule has 7 heteroatoms. The van der Waals surface area contributed by atoms with Crippen LogP contribution in [0.2, 0.25) is 0 Å². The molecule has 7 nitrogen and oxygen atoms in total. The number of nitrogens with one attached hydrogen (secondary N) is 2. The molecule has 3 amide bonds. The second kappa shape index (κ2) is 8.46. The van der Waals surface area contributed by atoms with Crippen LogP contribution < -0.4 is 20.1 Å². The summed E-state index contributed by atoms with van der Waals surface area (Å²) in [4.78, 5) is 26.9. The zero-order chi connectivity index (χ0) is 21.3. The number of hydrogen-bond donors (Lipinski definition) is 2. The van der Waals surface area contributed by atoms with Crippen molar-refractivity contribution < 1.29 is 19.1 Å². The molecule has 2 N–H and O–H groups in total. The van der Waals surface area contributed by atoms with E-state index in [0.29, 0.717) is 18.0 Å². The summed E-state index contributed by atoms with van der Waals surface area (Å²) in [7, 11) is 5.04. The van der Waals surface area contributed by atoms with Crippen LogP contribution in [0.15, 0.2) is 18.2 Å². The summed E-state index contributed by atoms with van der Waals surface area (Å²) in [6.45, 7) is 0.624. The van der Waals surface area contributed by atoms with Gasteiger partial charge < -0.3 is 14.8 Å². The quantitative estimate of drug-likeness (QED) is 0.716. The monoisotopic (exact) mass is 415 g/mol. The molecule has 164 valence electrons. The van der Waals surface area contributed by atoms with Gasteiger partial charge in [0, 0.05) is 17.6 Å². The first-order valence-electron chi connectivity index (χ1n) is 10.9. The highest BCUT2D eigenvalue weighted by Gasteiger charge is 2.51. The SMILES string of the molecule is COc1cccc(CN(C)CC(=O)NC(=O)NC23CC4CC(CC(C4)C2)C3)c1OC. The maximum Gasteiger partial charge on any atom is 0.321 e. The fourth-order valence-corrected chi connectivity index (χ4v) is 6.37. The van der Waals surface area contributed by atoms with Gasteiger partial charge in [-0.3, -0.25) is 15.0 Å². The van der Waals surface area contributed by atoms with Crippen molar-refractivity contribution in [1.29, 1.82) is 0 Å². The Hall–Kier alpha value is -2.28. The lowest BCUT2D eigenvalue weighted by atomic mass is 9.53. The van der Waals surface area contributed by atoms with Gasteiger partial charge in [-0.1, -0.05) is 12.1 Å². The highest BCUT2D eigenvalue weighted by atomic mass is 16.5. The fourth-order valence-electron chi connectivity index (χ4n) is 6.37. The molecule has 0 aromatic heterocycles. The summed E-state index contributed by atoms with van der Waals surface area (Å²) >= 11 is 0. The summed E-state index contributed by atoms with van der Waals surface area (Å²) in [6.07, 6.45) is 7.16. The number of carbonyl (C=O) groups is 2. The third kappa shape index (κ3) is 4.41. The van der Waals surface area contributed by atoms with Gasteiger partial charge in [0.15, 0.2) is 11.5 Å². The molecule has 0 unspecified atom stereocenters. The number of urea groups is 1. The van der Waals surface area contributed by atoms with Gasteiger partial charge >= 0.3 is 6.03 Å². The van der Waals surface area contributed by atoms with E-state index in [1.165, 1.54) is 19.3 Å². The van der Waals surface area contributed by atoms with Gasteiger partial charge in [0.2, 0.25) is 5.91 Å². The number of ether oxygens (including phenoxy) is 2. The number of hydrogen-bond acceptors (Lipinski definition) is 5. The molecule has 4 fully saturated rings. The molecule has 4 aliphatic rings. The minimum Gasteiger partial charge on any atom is -0.493 e. The number of carbonyl (C=O) groups excluding carboxylic acids is 2. The molecule has 0 radical (unpaired) electrons. The number of nitrogens with zero attached hydrogens (tertiary/aromatic N) is 1. The van der Waals surface area contributed by atoms with Gasteiger partial charge in [0.1, 0.15) is 0 Å². The van der Waals surface area contributed by atoms with E-state index in [1.807, 2.05) is 30.1 Å². The molecule has 0 heterocycles. The third-order valence-electron chi connectivity index (χ3n) is 7.01. The average molecular weight is 416 g/mol. The lowest BCUT2D eigenvalue weighted by molar-refractivity contribution is -0.121. The van der Waals surface area contributed by atoms with Crippen LogP contribution in [0.25, 0.3) is 0 Å². The van der Waals surface area contributed by atoms with Crippen LogP contribution in [0.1, 0.15) is 44.1 Å². The molecule has 1 aromatic rings. The predicted molar refractivity (Wildman–Crippen MR) is 113 cm³/mol. The molecular weight excluding hydrogens is 382 g/mol. The van der Waals surface area contributed by atoms with Crippen molar-refractivity contribution in [2.75, 3.05) is 27.8 Å². The summed E-state index contributed by atoms with van der Waals surface area (Å²) in [5.74, 6) is 3.25. The first kappa shape index (κ1) is 21.0. The van der Waals surface area contributed by atoms with Gasteiger partial charge in [-0.15, -0.1) is 0 Å². The van der Waals surface area contributed by atoms with Crippen molar-refractivity contribution >= 4 is 11.9 Å². The Morgan fingerprint density at radius 1 is 1.07 bits per heavy atom. The molecule has 1 aromatic carbocycles. The smallest absolute Gasteiger partial charge is 0.321 e. The summed E-state index contributed by atoms with van der Waals surface area (Å²) in [5, 5.41) is 5.72. The van der Waals surface area contributed by atoms with Gasteiger partial charge in [0.25, 0.3) is 0 Å². The first-order chi connectivity index (χ1) is 14.4. The van der Waals surface area contributed by atoms with Crippen LogP contribution in [0.3, 0.4) is 0 Å². The Kier molecular flexibility index (Phi) is 5.91. The van der Waals surface area contributed by atoms with Gasteiger partial charge in [-0.2, -0.15) is 0 Å². The van der Waals surface area contributed by atoms with E-state index in [0.717, 1.165) is 42.6 Å². The second-order valence-electron chi connectivity index (χ2n) is 9.53. The number of imide groups is 1. The van der Waals surface area contributed by atoms with E-state index in [-0.39, 0.29) is 24.0 Å². The van der Waals surface area contributed by atoms with Crippen molar-refractivity contribution in [3.8, 4) is 11.5 Å². The number of amides is 3. The largest absolute Gasteiger partial charge is 0.493 e. The first-order valence-corrected chi connectivity index (χ1v) is 10.9. The van der Waals surface area contributed by atoms with Crippen LogP contribution >= 0.6 is 0 Å². The average Bonchev–Trinajstić information content (AvgIpc) is 2.65. The third-order valence-corrected chi connectivity index (χ3v) is 7.01. The zero-order valence-corrected chi connectivity index (χ0v) is 18.2. The number of benzene rings is 1. The zero-order valence-electron chi connectivity index (χ0n) is 18.2. The molecule has 0 saturated heterocycles. The minimum absolute atomic E-state index is 0.0982. The summed E-state index contributed by atoms with van der Waals surface area (Å²) in [6, 6.07) is 5.32. The minimum atomic E-state index is -0.352. The maximum atomic E-state index is 12.6. The molecule has 0 spiro atoms. The number of methoxy groups -OCH3 is 2. The molecule has 0 aliphatic heterocycles. The Balaban J connectivity index is 1.29. The molecule has 4 saturated carbocycles. The highest BCUT2D eigenvalue weighted by Crippen LogP contribution is 2.55. The lowest BCUT2D eigenvalue weighted by Crippen LogP contribution is -2.62. The van der Waals surface area contributed by atoms with E-state index in [1.54, 1.807) is 14.2 Å². The van der Waals surface area contributed by atoms with E-state index in [2.05, 4.69) is 10.6 Å². The molecule has 4 bridgehead atoms. The number of para-hydroxylation sites is 1. The predicted octanol–water partition coefficient (Wildman–Crippen LogP) is 2.93. The Morgan fingerprint density at radius 3 is 2.27 bits per heavy atom. The Labute approximate surface area is 178 Å². The topological polar surface area (TPSA) is 79.9 Å². The highest BCUT2D eigenvalue weighted by molar-refractivity contribution is 5.95. The maximum absolute atomic E-state index is 12.6. The van der Waals surface area contributed by atoms with Gasteiger partial charge in [-0.05, 0) is 69.4 Å². The van der Waals surface area contributed by atoms with Crippen molar-refractivity contribution in [3.05, 3.63) is 23.8 Å². The van der Waals surface area contributed by atoms with Crippen LogP contribution in [0.5, 0.6) is 11.5 Å². The number of rotatable bonds is 7. The number of likely N-dealkylation sites (N-methyl/N-ethyl adjacent to an activating group) is 1. The van der Waals surface area contributed by atoms with Crippen molar-refractivity contribution in [2.45, 2.75) is 50.6 Å². The van der Waals surface area contributed by atoms with Crippen LogP contribution in [0.4, 0.5) is 4.79 Å². The second-order valence-corrected chi connectivity index (χ2v) is 9.53. The van der Waals surface area contributed by atoms with E-state index < -0.39 is 0 Å². The van der Waals surface area contributed by atoms with Crippen molar-refractivity contribution in [2.24, 2.45) is 17.8 Å².